The highest BCUT2D eigenvalue weighted by Gasteiger charge is 2.18. The Bertz CT molecular complexity index is 484. The van der Waals surface area contributed by atoms with Crippen LogP contribution < -0.4 is 5.32 Å². The molecule has 0 fully saturated rings. The second kappa shape index (κ2) is 5.91. The quantitative estimate of drug-likeness (QED) is 0.843. The summed E-state index contributed by atoms with van der Waals surface area (Å²) < 4.78 is 11.2. The Hall–Kier alpha value is -1.48. The molecule has 0 aliphatic heterocycles. The number of aryl methyl sites for hydroxylation is 2. The van der Waals surface area contributed by atoms with Gasteiger partial charge in [-0.25, -0.2) is 0 Å². The van der Waals surface area contributed by atoms with Crippen LogP contribution in [0.3, 0.4) is 0 Å². The molecule has 0 aliphatic rings. The molecule has 3 nitrogen and oxygen atoms in total. The Kier molecular flexibility index (Phi) is 4.26. The van der Waals surface area contributed by atoms with Gasteiger partial charge in [-0.05, 0) is 38.1 Å². The molecule has 0 amide bonds. The van der Waals surface area contributed by atoms with Gasteiger partial charge in [0.15, 0.2) is 0 Å². The topological polar surface area (TPSA) is 38.3 Å². The monoisotopic (exact) mass is 247 g/mol. The lowest BCUT2D eigenvalue weighted by atomic mass is 10.1. The molecule has 0 saturated carbocycles. The minimum absolute atomic E-state index is 0.0858. The molecule has 1 N–H and O–H groups in total. The highest BCUT2D eigenvalue weighted by atomic mass is 16.3. The summed E-state index contributed by atoms with van der Waals surface area (Å²) in [5.41, 5.74) is 1.12. The first-order valence-electron chi connectivity index (χ1n) is 6.61. The van der Waals surface area contributed by atoms with Crippen molar-refractivity contribution in [2.75, 3.05) is 6.54 Å². The smallest absolute Gasteiger partial charge is 0.125 e. The van der Waals surface area contributed by atoms with Crippen LogP contribution in [0.2, 0.25) is 0 Å². The van der Waals surface area contributed by atoms with Gasteiger partial charge in [-0.2, -0.15) is 0 Å². The molecule has 1 unspecified atom stereocenters. The number of furan rings is 2. The lowest BCUT2D eigenvalue weighted by molar-refractivity contribution is 0.419. The summed E-state index contributed by atoms with van der Waals surface area (Å²) in [6, 6.07) is 6.24. The number of hydrogen-bond donors (Lipinski definition) is 1. The highest BCUT2D eigenvalue weighted by molar-refractivity contribution is 5.26. The summed E-state index contributed by atoms with van der Waals surface area (Å²) in [4.78, 5) is 0. The maximum Gasteiger partial charge on any atom is 0.125 e. The normalized spacial score (nSPS) is 12.8. The van der Waals surface area contributed by atoms with E-state index in [1.54, 1.807) is 6.26 Å². The van der Waals surface area contributed by atoms with Crippen molar-refractivity contribution in [2.45, 2.75) is 39.7 Å². The molecule has 2 heterocycles. The van der Waals surface area contributed by atoms with Crippen LogP contribution in [0, 0.1) is 6.92 Å². The van der Waals surface area contributed by atoms with Crippen molar-refractivity contribution in [1.82, 2.24) is 5.32 Å². The average Bonchev–Trinajstić information content (AvgIpc) is 2.99. The number of rotatable bonds is 6. The van der Waals surface area contributed by atoms with E-state index in [1.807, 2.05) is 13.0 Å². The van der Waals surface area contributed by atoms with E-state index in [-0.39, 0.29) is 6.04 Å². The first kappa shape index (κ1) is 13.0. The molecular formula is C15H21NO2. The number of nitrogens with one attached hydrogen (secondary N) is 1. The zero-order chi connectivity index (χ0) is 13.0. The minimum atomic E-state index is 0.0858. The second-order valence-corrected chi connectivity index (χ2v) is 4.54. The maximum absolute atomic E-state index is 5.85. The Labute approximate surface area is 108 Å². The molecule has 2 rings (SSSR count). The van der Waals surface area contributed by atoms with Crippen molar-refractivity contribution in [3.8, 4) is 0 Å². The third-order valence-electron chi connectivity index (χ3n) is 3.00. The lowest BCUT2D eigenvalue weighted by Gasteiger charge is -2.14. The van der Waals surface area contributed by atoms with Crippen LogP contribution in [0.5, 0.6) is 0 Å². The van der Waals surface area contributed by atoms with Crippen LogP contribution in [0.1, 0.15) is 49.2 Å². The highest BCUT2D eigenvalue weighted by Crippen LogP contribution is 2.25. The molecule has 0 aromatic carbocycles. The fraction of sp³-hybridized carbons (Fsp3) is 0.467. The Morgan fingerprint density at radius 3 is 2.67 bits per heavy atom. The van der Waals surface area contributed by atoms with Gasteiger partial charge in [-0.15, -0.1) is 0 Å². The van der Waals surface area contributed by atoms with Gasteiger partial charge in [0.2, 0.25) is 0 Å². The van der Waals surface area contributed by atoms with Crippen LogP contribution in [-0.2, 0) is 6.42 Å². The lowest BCUT2D eigenvalue weighted by Crippen LogP contribution is -2.22. The van der Waals surface area contributed by atoms with E-state index in [1.165, 1.54) is 0 Å². The third kappa shape index (κ3) is 2.85. The van der Waals surface area contributed by atoms with Crippen LogP contribution in [0.25, 0.3) is 0 Å². The molecule has 0 aliphatic carbocycles. The maximum atomic E-state index is 5.85. The van der Waals surface area contributed by atoms with Crippen LogP contribution >= 0.6 is 0 Å². The standard InChI is InChI=1S/C15H21NO2/c1-4-8-16-15(12-9-11(3)17-10-12)14-7-6-13(5-2)18-14/h6-7,9-10,15-16H,4-5,8H2,1-3H3. The number of hydrogen-bond acceptors (Lipinski definition) is 3. The average molecular weight is 247 g/mol. The molecule has 18 heavy (non-hydrogen) atoms. The van der Waals surface area contributed by atoms with Gasteiger partial charge in [-0.1, -0.05) is 13.8 Å². The fourth-order valence-electron chi connectivity index (χ4n) is 2.03. The zero-order valence-electron chi connectivity index (χ0n) is 11.3. The predicted octanol–water partition coefficient (Wildman–Crippen LogP) is 3.83. The largest absolute Gasteiger partial charge is 0.469 e. The predicted molar refractivity (Wildman–Crippen MR) is 71.7 cm³/mol. The van der Waals surface area contributed by atoms with E-state index in [0.29, 0.717) is 0 Å². The van der Waals surface area contributed by atoms with Crippen molar-refractivity contribution >= 4 is 0 Å². The van der Waals surface area contributed by atoms with Gasteiger partial charge in [-0.3, -0.25) is 0 Å². The molecule has 2 aromatic rings. The molecule has 0 saturated heterocycles. The van der Waals surface area contributed by atoms with E-state index in [9.17, 15) is 0 Å². The van der Waals surface area contributed by atoms with E-state index in [4.69, 9.17) is 8.83 Å². The van der Waals surface area contributed by atoms with Crippen molar-refractivity contribution in [3.05, 3.63) is 47.3 Å². The molecule has 1 atom stereocenters. The fourth-order valence-corrected chi connectivity index (χ4v) is 2.03. The molecule has 3 heteroatoms. The van der Waals surface area contributed by atoms with Crippen LogP contribution in [0.15, 0.2) is 33.3 Å². The molecular weight excluding hydrogens is 226 g/mol. The Balaban J connectivity index is 2.24. The van der Waals surface area contributed by atoms with E-state index in [0.717, 1.165) is 42.2 Å². The van der Waals surface area contributed by atoms with Gasteiger partial charge >= 0.3 is 0 Å². The van der Waals surface area contributed by atoms with Crippen LogP contribution in [0.4, 0.5) is 0 Å². The second-order valence-electron chi connectivity index (χ2n) is 4.54. The summed E-state index contributed by atoms with van der Waals surface area (Å²) in [7, 11) is 0. The molecule has 2 aromatic heterocycles. The van der Waals surface area contributed by atoms with Gasteiger partial charge in [0, 0.05) is 12.0 Å². The zero-order valence-corrected chi connectivity index (χ0v) is 11.3. The Morgan fingerprint density at radius 2 is 2.11 bits per heavy atom. The Morgan fingerprint density at radius 1 is 1.28 bits per heavy atom. The van der Waals surface area contributed by atoms with Crippen molar-refractivity contribution in [2.24, 2.45) is 0 Å². The summed E-state index contributed by atoms with van der Waals surface area (Å²) in [6.07, 6.45) is 3.82. The van der Waals surface area contributed by atoms with Gasteiger partial charge in [0.25, 0.3) is 0 Å². The minimum Gasteiger partial charge on any atom is -0.469 e. The van der Waals surface area contributed by atoms with Crippen molar-refractivity contribution in [1.29, 1.82) is 0 Å². The van der Waals surface area contributed by atoms with Gasteiger partial charge < -0.3 is 14.2 Å². The summed E-state index contributed by atoms with van der Waals surface area (Å²) in [5, 5.41) is 3.50. The third-order valence-corrected chi connectivity index (χ3v) is 3.00. The first-order valence-corrected chi connectivity index (χ1v) is 6.61. The molecule has 0 radical (unpaired) electrons. The van der Waals surface area contributed by atoms with Crippen molar-refractivity contribution < 1.29 is 8.83 Å². The molecule has 98 valence electrons. The molecule has 0 spiro atoms. The van der Waals surface area contributed by atoms with E-state index >= 15 is 0 Å². The van der Waals surface area contributed by atoms with E-state index < -0.39 is 0 Å². The first-order chi connectivity index (χ1) is 8.74. The molecule has 0 bridgehead atoms. The van der Waals surface area contributed by atoms with Gasteiger partial charge in [0.1, 0.15) is 17.3 Å². The van der Waals surface area contributed by atoms with Crippen LogP contribution in [-0.4, -0.2) is 6.54 Å². The SMILES string of the molecule is CCCNC(c1coc(C)c1)c1ccc(CC)o1. The van der Waals surface area contributed by atoms with E-state index in [2.05, 4.69) is 31.3 Å². The van der Waals surface area contributed by atoms with Gasteiger partial charge in [0.05, 0.1) is 12.3 Å². The summed E-state index contributed by atoms with van der Waals surface area (Å²) in [5.74, 6) is 2.91. The summed E-state index contributed by atoms with van der Waals surface area (Å²) >= 11 is 0. The summed E-state index contributed by atoms with van der Waals surface area (Å²) in [6.45, 7) is 7.17. The van der Waals surface area contributed by atoms with Crippen molar-refractivity contribution in [3.63, 3.8) is 0 Å².